The molecule has 0 spiro atoms. The number of carbonyl (C=O) groups is 6. The number of aliphatic hydroxyl groups excluding tert-OH is 2. The average Bonchev–Trinajstić information content (AvgIpc) is 2.06. The first-order valence-electron chi connectivity index (χ1n) is 31.5. The van der Waals surface area contributed by atoms with Crippen molar-refractivity contribution in [3.8, 4) is 0 Å². The molecular formula is C64H90N14O8+2. The second-order valence-corrected chi connectivity index (χ2v) is 23.9. The monoisotopic (exact) mass is 1180 g/mol. The highest BCUT2D eigenvalue weighted by atomic mass is 16.3. The SMILES string of the molecule is CC[C@H]([NH2+]C)C(=O)N[C@@H]1C(=O)N2[C@@H](CC[C@@H]1CO)CC[C@H]2C(=O)N[C@@H](c1ccccc1)c1cn(CCCCc2ccc(CCCCn3cc([C@@H](NC(=O)[C@@H]4CC[C@@H]5CC[C@H](CO)[C@H](NC(=O)[C@H](CC)[NH2+]C)C(=O)N54)c4ccccc4)nn3)cc2)nn1. The van der Waals surface area contributed by atoms with Gasteiger partial charge in [0.05, 0.1) is 38.6 Å². The molecule has 4 aliphatic rings. The van der Waals surface area contributed by atoms with E-state index in [4.69, 9.17) is 0 Å². The Labute approximate surface area is 504 Å². The van der Waals surface area contributed by atoms with Gasteiger partial charge in [-0.1, -0.05) is 109 Å². The van der Waals surface area contributed by atoms with Gasteiger partial charge < -0.3 is 51.9 Å². The van der Waals surface area contributed by atoms with Crippen molar-refractivity contribution < 1.29 is 49.6 Å². The van der Waals surface area contributed by atoms with Gasteiger partial charge in [0, 0.05) is 63.1 Å². The van der Waals surface area contributed by atoms with E-state index in [2.05, 4.69) is 66.2 Å². The number of amides is 6. The number of likely N-dealkylation sites (N-methyl/N-ethyl adjacent to an activating group) is 2. The van der Waals surface area contributed by atoms with Crippen LogP contribution in [0.1, 0.15) is 149 Å². The minimum atomic E-state index is -0.919. The first-order valence-corrected chi connectivity index (χ1v) is 31.5. The lowest BCUT2D eigenvalue weighted by Crippen LogP contribution is -2.89. The van der Waals surface area contributed by atoms with Gasteiger partial charge in [-0.2, -0.15) is 0 Å². The van der Waals surface area contributed by atoms with Gasteiger partial charge in [-0.3, -0.25) is 38.1 Å². The summed E-state index contributed by atoms with van der Waals surface area (Å²) < 4.78 is 3.64. The molecule has 9 rings (SSSR count). The molecule has 22 nitrogen and oxygen atoms in total. The second-order valence-electron chi connectivity index (χ2n) is 23.9. The number of hydrogen-bond donors (Lipinski definition) is 8. The highest BCUT2D eigenvalue weighted by molar-refractivity contribution is 5.95. The van der Waals surface area contributed by atoms with Crippen LogP contribution in [0.3, 0.4) is 0 Å². The second kappa shape index (κ2) is 30.3. The van der Waals surface area contributed by atoms with Gasteiger partial charge in [0.2, 0.25) is 23.6 Å². The Hall–Kier alpha value is -7.40. The fourth-order valence-corrected chi connectivity index (χ4v) is 13.4. The number of carbonyl (C=O) groups excluding carboxylic acids is 6. The van der Waals surface area contributed by atoms with Gasteiger partial charge >= 0.3 is 0 Å². The summed E-state index contributed by atoms with van der Waals surface area (Å²) in [7, 11) is 3.65. The number of benzene rings is 3. The minimum Gasteiger partial charge on any atom is -0.396 e. The normalized spacial score (nSPS) is 23.5. The Kier molecular flexibility index (Phi) is 22.2. The van der Waals surface area contributed by atoms with E-state index < -0.39 is 48.1 Å². The maximum absolute atomic E-state index is 14.4. The van der Waals surface area contributed by atoms with Crippen molar-refractivity contribution in [3.05, 3.63) is 131 Å². The molecule has 4 saturated heterocycles. The summed E-state index contributed by atoms with van der Waals surface area (Å²) in [6, 6.07) is 22.5. The molecule has 462 valence electrons. The van der Waals surface area contributed by atoms with Crippen LogP contribution in [0.25, 0.3) is 0 Å². The number of hydrogen-bond acceptors (Lipinski definition) is 12. The molecular weight excluding hydrogens is 1090 g/mol. The smallest absolute Gasteiger partial charge is 0.278 e. The van der Waals surface area contributed by atoms with E-state index in [0.717, 1.165) is 49.7 Å². The van der Waals surface area contributed by atoms with Crippen LogP contribution in [0.4, 0.5) is 0 Å². The predicted octanol–water partition coefficient (Wildman–Crippen LogP) is 1.76. The maximum atomic E-state index is 14.4. The molecule has 0 bridgehead atoms. The third-order valence-corrected chi connectivity index (χ3v) is 18.5. The number of unbranched alkanes of at least 4 members (excludes halogenated alkanes) is 2. The Morgan fingerprint density at radius 3 is 1.29 bits per heavy atom. The van der Waals surface area contributed by atoms with Crippen molar-refractivity contribution in [2.45, 2.75) is 190 Å². The van der Waals surface area contributed by atoms with E-state index in [1.807, 2.05) is 121 Å². The average molecular weight is 1180 g/mol. The Bertz CT molecular complexity index is 2820. The summed E-state index contributed by atoms with van der Waals surface area (Å²) >= 11 is 0. The van der Waals surface area contributed by atoms with Gasteiger partial charge in [0.15, 0.2) is 12.1 Å². The Balaban J connectivity index is 0.740. The van der Waals surface area contributed by atoms with Crippen LogP contribution in [-0.2, 0) is 54.7 Å². The number of quaternary nitrogens is 2. The number of aliphatic hydroxyl groups is 2. The molecule has 0 saturated carbocycles. The fraction of sp³-hybridized carbons (Fsp3) is 0.562. The van der Waals surface area contributed by atoms with Gasteiger partial charge in [-0.15, -0.1) is 10.2 Å². The number of aromatic nitrogens is 6. The lowest BCUT2D eigenvalue weighted by molar-refractivity contribution is -0.650. The topological polar surface area (TPSA) is 292 Å². The van der Waals surface area contributed by atoms with E-state index in [-0.39, 0.29) is 72.8 Å². The molecule has 22 heteroatoms. The number of nitrogens with zero attached hydrogens (tertiary/aromatic N) is 8. The summed E-state index contributed by atoms with van der Waals surface area (Å²) in [4.78, 5) is 87.1. The molecule has 6 heterocycles. The number of nitrogens with one attached hydrogen (secondary N) is 4. The summed E-state index contributed by atoms with van der Waals surface area (Å²) in [6.07, 6.45) is 15.1. The largest absolute Gasteiger partial charge is 0.396 e. The van der Waals surface area contributed by atoms with Crippen LogP contribution in [-0.4, -0.2) is 161 Å². The lowest BCUT2D eigenvalue weighted by Gasteiger charge is -2.32. The highest BCUT2D eigenvalue weighted by Gasteiger charge is 2.50. The lowest BCUT2D eigenvalue weighted by atomic mass is 9.93. The fourth-order valence-electron chi connectivity index (χ4n) is 13.4. The number of rotatable bonds is 28. The van der Waals surface area contributed by atoms with E-state index in [1.54, 1.807) is 9.80 Å². The van der Waals surface area contributed by atoms with E-state index in [1.165, 1.54) is 11.1 Å². The van der Waals surface area contributed by atoms with E-state index in [0.29, 0.717) is 88.7 Å². The third-order valence-electron chi connectivity index (χ3n) is 18.5. The number of nitrogens with two attached hydrogens (primary N) is 2. The molecule has 6 amide bonds. The molecule has 4 fully saturated rings. The molecule has 0 unspecified atom stereocenters. The van der Waals surface area contributed by atoms with Crippen molar-refractivity contribution >= 4 is 35.4 Å². The molecule has 12 atom stereocenters. The van der Waals surface area contributed by atoms with E-state index in [9.17, 15) is 39.0 Å². The number of aryl methyl sites for hydroxylation is 4. The standard InChI is InChI=1S/C64H88N14O8/c1-5-49(65-3)59(81)69-57-45(39-79)27-29-47-31-33-53(77(47)63(57)85)61(83)67-55(43-19-9-7-10-20-43)51-37-75(73-71-51)35-15-13-17-41-23-25-42(26-24-41)18-14-16-36-76-38-52(72-74-76)56(44-21-11-8-12-22-44)68-62(84)54-34-32-48-30-28-46(40-80)58(64(86)78(48)54)70-60(82)50(6-2)66-4/h7-12,19-26,37-38,45-50,53-58,65-66,79-80H,5-6,13-18,27-36,39-40H2,1-4H3,(H,67,83)(H,68,84)(H,69,81)(H,70,82)/p+2/t45-,46-,47+,48+,49+,50+,53+,54+,55+,56+,57+,58+/m1/s1. The summed E-state index contributed by atoms with van der Waals surface area (Å²) in [5, 5.41) is 54.7. The Morgan fingerprint density at radius 1 is 0.547 bits per heavy atom. The van der Waals surface area contributed by atoms with Crippen LogP contribution in [0.15, 0.2) is 97.3 Å². The van der Waals surface area contributed by atoms with Crippen LogP contribution in [0.2, 0.25) is 0 Å². The van der Waals surface area contributed by atoms with E-state index >= 15 is 0 Å². The summed E-state index contributed by atoms with van der Waals surface area (Å²) in [5.74, 6) is -2.61. The van der Waals surface area contributed by atoms with Crippen molar-refractivity contribution in [1.29, 1.82) is 0 Å². The van der Waals surface area contributed by atoms with Crippen molar-refractivity contribution in [3.63, 3.8) is 0 Å². The maximum Gasteiger partial charge on any atom is 0.278 e. The molecule has 86 heavy (non-hydrogen) atoms. The molecule has 10 N–H and O–H groups in total. The summed E-state index contributed by atoms with van der Waals surface area (Å²) in [5.41, 5.74) is 5.36. The molecule has 0 aliphatic carbocycles. The van der Waals surface area contributed by atoms with Crippen molar-refractivity contribution in [2.24, 2.45) is 11.8 Å². The zero-order chi connectivity index (χ0) is 60.7. The minimum absolute atomic E-state index is 0.164. The Morgan fingerprint density at radius 2 is 0.930 bits per heavy atom. The highest BCUT2D eigenvalue weighted by Crippen LogP contribution is 2.37. The third kappa shape index (κ3) is 15.0. The van der Waals surface area contributed by atoms with Crippen molar-refractivity contribution in [2.75, 3.05) is 27.3 Å². The van der Waals surface area contributed by atoms with Crippen LogP contribution >= 0.6 is 0 Å². The van der Waals surface area contributed by atoms with Gasteiger partial charge in [-0.25, -0.2) is 0 Å². The molecule has 0 radical (unpaired) electrons. The van der Waals surface area contributed by atoms with Gasteiger partial charge in [-0.05, 0) is 112 Å². The molecule has 2 aromatic heterocycles. The number of fused-ring (bicyclic) bond motifs is 2. The zero-order valence-electron chi connectivity index (χ0n) is 50.4. The predicted molar refractivity (Wildman–Crippen MR) is 320 cm³/mol. The first kappa shape index (κ1) is 63.1. The quantitative estimate of drug-likeness (QED) is 0.0333. The molecule has 5 aromatic rings. The first-order chi connectivity index (χ1) is 41.9. The van der Waals surface area contributed by atoms with Crippen molar-refractivity contribution in [1.82, 2.24) is 61.1 Å². The molecule has 3 aromatic carbocycles. The van der Waals surface area contributed by atoms with Crippen LogP contribution < -0.4 is 31.9 Å². The molecule has 4 aliphatic heterocycles. The summed E-state index contributed by atoms with van der Waals surface area (Å²) in [6.45, 7) is 4.65. The van der Waals surface area contributed by atoms with Gasteiger partial charge in [0.1, 0.15) is 35.6 Å². The zero-order valence-corrected chi connectivity index (χ0v) is 50.4. The van der Waals surface area contributed by atoms with Gasteiger partial charge in [0.25, 0.3) is 11.8 Å². The van der Waals surface area contributed by atoms with Crippen LogP contribution in [0.5, 0.6) is 0 Å². The van der Waals surface area contributed by atoms with Crippen LogP contribution in [0, 0.1) is 11.8 Å².